The lowest BCUT2D eigenvalue weighted by Crippen LogP contribution is -2.49. The largest absolute Gasteiger partial charge is 0.445 e. The van der Waals surface area contributed by atoms with E-state index in [0.29, 0.717) is 6.54 Å². The van der Waals surface area contributed by atoms with Crippen LogP contribution in [-0.2, 0) is 20.8 Å². The molecule has 1 fully saturated rings. The van der Waals surface area contributed by atoms with Crippen LogP contribution in [0.15, 0.2) is 30.3 Å². The summed E-state index contributed by atoms with van der Waals surface area (Å²) in [7, 11) is 1.69. The summed E-state index contributed by atoms with van der Waals surface area (Å²) < 4.78 is 16.1. The molecule has 0 unspecified atom stereocenters. The molecule has 1 aromatic rings. The maximum atomic E-state index is 12.2. The van der Waals surface area contributed by atoms with E-state index >= 15 is 0 Å². The second-order valence-electron chi connectivity index (χ2n) is 8.13. The van der Waals surface area contributed by atoms with Gasteiger partial charge in [-0.3, -0.25) is 0 Å². The molecule has 7 heteroatoms. The summed E-state index contributed by atoms with van der Waals surface area (Å²) in [4.78, 5) is 24.2. The van der Waals surface area contributed by atoms with Crippen LogP contribution in [0.2, 0.25) is 0 Å². The molecule has 1 aliphatic rings. The first-order valence-corrected chi connectivity index (χ1v) is 9.73. The molecule has 0 spiro atoms. The van der Waals surface area contributed by atoms with Crippen LogP contribution < -0.4 is 10.6 Å². The van der Waals surface area contributed by atoms with E-state index in [1.165, 1.54) is 0 Å². The van der Waals surface area contributed by atoms with Crippen molar-refractivity contribution in [3.8, 4) is 0 Å². The summed E-state index contributed by atoms with van der Waals surface area (Å²) in [5, 5.41) is 5.75. The molecule has 1 aromatic carbocycles. The van der Waals surface area contributed by atoms with Crippen LogP contribution in [0, 0.1) is 5.92 Å². The number of carbonyl (C=O) groups excluding carboxylic acids is 2. The van der Waals surface area contributed by atoms with E-state index in [0.717, 1.165) is 24.8 Å². The minimum atomic E-state index is -0.551. The monoisotopic (exact) mass is 392 g/mol. The van der Waals surface area contributed by atoms with E-state index in [1.807, 2.05) is 51.1 Å². The van der Waals surface area contributed by atoms with Gasteiger partial charge in [0.2, 0.25) is 0 Å². The number of amides is 2. The summed E-state index contributed by atoms with van der Waals surface area (Å²) >= 11 is 0. The lowest BCUT2D eigenvalue weighted by molar-refractivity contribution is 0.0309. The number of ether oxygens (including phenoxy) is 3. The highest BCUT2D eigenvalue weighted by molar-refractivity contribution is 5.68. The number of hydrogen-bond acceptors (Lipinski definition) is 5. The van der Waals surface area contributed by atoms with Crippen molar-refractivity contribution in [2.75, 3.05) is 13.7 Å². The zero-order valence-corrected chi connectivity index (χ0v) is 17.2. The Morgan fingerprint density at radius 3 is 2.46 bits per heavy atom. The van der Waals surface area contributed by atoms with Crippen LogP contribution in [0.25, 0.3) is 0 Å². The van der Waals surface area contributed by atoms with Gasteiger partial charge in [0.05, 0.1) is 6.10 Å². The quantitative estimate of drug-likeness (QED) is 0.772. The van der Waals surface area contributed by atoms with Gasteiger partial charge in [-0.05, 0) is 51.5 Å². The van der Waals surface area contributed by atoms with Gasteiger partial charge in [0.15, 0.2) is 0 Å². The Labute approximate surface area is 167 Å². The Morgan fingerprint density at radius 2 is 1.82 bits per heavy atom. The van der Waals surface area contributed by atoms with Crippen molar-refractivity contribution >= 4 is 12.2 Å². The maximum Gasteiger partial charge on any atom is 0.407 e. The first-order valence-electron chi connectivity index (χ1n) is 9.73. The third kappa shape index (κ3) is 7.76. The fraction of sp³-hybridized carbons (Fsp3) is 0.619. The van der Waals surface area contributed by atoms with Crippen molar-refractivity contribution in [2.45, 2.75) is 64.4 Å². The Balaban J connectivity index is 1.86. The standard InChI is InChI=1S/C21H32N2O5/c1-21(2,3)28-19(24)22-13-16-12-17(26-4)10-11-18(16)23-20(25)27-14-15-8-6-5-7-9-15/h5-9,16-18H,10-14H2,1-4H3,(H,22,24)(H,23,25)/t16-,17+,18-/m0/s1. The van der Waals surface area contributed by atoms with Gasteiger partial charge in [0.1, 0.15) is 12.2 Å². The van der Waals surface area contributed by atoms with E-state index in [9.17, 15) is 9.59 Å². The minimum absolute atomic E-state index is 0.0375. The summed E-state index contributed by atoms with van der Waals surface area (Å²) in [6, 6.07) is 9.45. The molecule has 0 radical (unpaired) electrons. The molecule has 156 valence electrons. The van der Waals surface area contributed by atoms with Crippen LogP contribution in [0.1, 0.15) is 45.6 Å². The molecule has 1 aliphatic carbocycles. The fourth-order valence-corrected chi connectivity index (χ4v) is 3.30. The summed E-state index contributed by atoms with van der Waals surface area (Å²) in [5.74, 6) is 0.0375. The van der Waals surface area contributed by atoms with Gasteiger partial charge in [-0.15, -0.1) is 0 Å². The molecule has 2 amide bonds. The van der Waals surface area contributed by atoms with Gasteiger partial charge in [0, 0.05) is 19.7 Å². The molecular formula is C21H32N2O5. The second-order valence-corrected chi connectivity index (χ2v) is 8.13. The van der Waals surface area contributed by atoms with Crippen LogP contribution in [-0.4, -0.2) is 43.6 Å². The van der Waals surface area contributed by atoms with E-state index < -0.39 is 17.8 Å². The van der Waals surface area contributed by atoms with Gasteiger partial charge in [-0.1, -0.05) is 30.3 Å². The van der Waals surface area contributed by atoms with Crippen molar-refractivity contribution in [3.05, 3.63) is 35.9 Å². The highest BCUT2D eigenvalue weighted by atomic mass is 16.6. The van der Waals surface area contributed by atoms with Gasteiger partial charge in [-0.25, -0.2) is 9.59 Å². The van der Waals surface area contributed by atoms with E-state index in [4.69, 9.17) is 14.2 Å². The number of hydrogen-bond donors (Lipinski definition) is 2. The molecule has 28 heavy (non-hydrogen) atoms. The number of nitrogens with one attached hydrogen (secondary N) is 2. The van der Waals surface area contributed by atoms with Crippen molar-refractivity contribution in [1.82, 2.24) is 10.6 Å². The topological polar surface area (TPSA) is 85.9 Å². The first-order chi connectivity index (χ1) is 13.3. The van der Waals surface area contributed by atoms with Crippen LogP contribution >= 0.6 is 0 Å². The lowest BCUT2D eigenvalue weighted by atomic mass is 9.82. The number of carbonyl (C=O) groups is 2. The van der Waals surface area contributed by atoms with Crippen LogP contribution in [0.4, 0.5) is 9.59 Å². The second kappa shape index (κ2) is 10.3. The molecule has 3 atom stereocenters. The third-order valence-corrected chi connectivity index (χ3v) is 4.69. The average molecular weight is 392 g/mol. The molecule has 1 saturated carbocycles. The molecule has 0 saturated heterocycles. The number of rotatable bonds is 6. The van der Waals surface area contributed by atoms with Crippen molar-refractivity contribution in [2.24, 2.45) is 5.92 Å². The molecule has 0 aliphatic heterocycles. The Kier molecular flexibility index (Phi) is 8.11. The first kappa shape index (κ1) is 22.0. The predicted octanol–water partition coefficient (Wildman–Crippen LogP) is 3.62. The van der Waals surface area contributed by atoms with E-state index in [-0.39, 0.29) is 24.7 Å². The van der Waals surface area contributed by atoms with Crippen molar-refractivity contribution < 1.29 is 23.8 Å². The molecule has 0 aromatic heterocycles. The summed E-state index contributed by atoms with van der Waals surface area (Å²) in [6.45, 7) is 6.09. The Bertz CT molecular complexity index is 629. The molecule has 0 heterocycles. The van der Waals surface area contributed by atoms with Gasteiger partial charge >= 0.3 is 12.2 Å². The number of benzene rings is 1. The smallest absolute Gasteiger partial charge is 0.407 e. The third-order valence-electron chi connectivity index (χ3n) is 4.69. The summed E-state index contributed by atoms with van der Waals surface area (Å²) in [6.07, 6.45) is 1.56. The average Bonchev–Trinajstić information content (AvgIpc) is 2.65. The van der Waals surface area contributed by atoms with E-state index in [2.05, 4.69) is 10.6 Å². The Morgan fingerprint density at radius 1 is 1.11 bits per heavy atom. The fourth-order valence-electron chi connectivity index (χ4n) is 3.30. The summed E-state index contributed by atoms with van der Waals surface area (Å²) in [5.41, 5.74) is 0.383. The molecular weight excluding hydrogens is 360 g/mol. The highest BCUT2D eigenvalue weighted by Crippen LogP contribution is 2.26. The van der Waals surface area contributed by atoms with E-state index in [1.54, 1.807) is 7.11 Å². The molecule has 2 rings (SSSR count). The molecule has 2 N–H and O–H groups in total. The van der Waals surface area contributed by atoms with Gasteiger partial charge in [0.25, 0.3) is 0 Å². The SMILES string of the molecule is CO[C@@H]1CC[C@H](NC(=O)OCc2ccccc2)[C@H](CNC(=O)OC(C)(C)C)C1. The Hall–Kier alpha value is -2.28. The molecule has 0 bridgehead atoms. The minimum Gasteiger partial charge on any atom is -0.445 e. The van der Waals surface area contributed by atoms with Crippen molar-refractivity contribution in [3.63, 3.8) is 0 Å². The predicted molar refractivity (Wildman–Crippen MR) is 106 cm³/mol. The highest BCUT2D eigenvalue weighted by Gasteiger charge is 2.32. The van der Waals surface area contributed by atoms with Gasteiger partial charge < -0.3 is 24.8 Å². The van der Waals surface area contributed by atoms with Crippen LogP contribution in [0.5, 0.6) is 0 Å². The zero-order valence-electron chi connectivity index (χ0n) is 17.2. The van der Waals surface area contributed by atoms with Crippen LogP contribution in [0.3, 0.4) is 0 Å². The number of methoxy groups -OCH3 is 1. The van der Waals surface area contributed by atoms with Gasteiger partial charge in [-0.2, -0.15) is 0 Å². The zero-order chi connectivity index (χ0) is 20.6. The lowest BCUT2D eigenvalue weighted by Gasteiger charge is -2.36. The maximum absolute atomic E-state index is 12.2. The molecule has 7 nitrogen and oxygen atoms in total. The van der Waals surface area contributed by atoms with Crippen molar-refractivity contribution in [1.29, 1.82) is 0 Å². The number of alkyl carbamates (subject to hydrolysis) is 2. The normalized spacial score (nSPS) is 22.2.